The molecule has 84 valence electrons. The number of esters is 1. The number of nitrogens with zero attached hydrogens (tertiary/aromatic N) is 3. The van der Waals surface area contributed by atoms with E-state index < -0.39 is 5.97 Å². The summed E-state index contributed by atoms with van der Waals surface area (Å²) in [4.78, 5) is 15.0. The molecular weight excluding hydrogens is 212 g/mol. The summed E-state index contributed by atoms with van der Waals surface area (Å²) in [7, 11) is 2.98. The van der Waals surface area contributed by atoms with Crippen molar-refractivity contribution in [1.82, 2.24) is 14.8 Å². The van der Waals surface area contributed by atoms with E-state index in [1.807, 2.05) is 0 Å². The second-order valence-corrected chi connectivity index (χ2v) is 3.09. The van der Waals surface area contributed by atoms with Crippen LogP contribution in [0.2, 0.25) is 0 Å². The minimum atomic E-state index is -0.505. The SMILES string of the molecule is COC(=O)c1cc(-c2cnc(N)o2)n(C)n1. The Morgan fingerprint density at radius 3 is 2.94 bits per heavy atom. The number of aromatic nitrogens is 3. The van der Waals surface area contributed by atoms with Gasteiger partial charge in [0.2, 0.25) is 0 Å². The third-order valence-electron chi connectivity index (χ3n) is 2.05. The van der Waals surface area contributed by atoms with Gasteiger partial charge in [0.05, 0.1) is 13.3 Å². The Hall–Kier alpha value is -2.31. The maximum Gasteiger partial charge on any atom is 0.358 e. The van der Waals surface area contributed by atoms with E-state index in [1.54, 1.807) is 13.1 Å². The predicted molar refractivity (Wildman–Crippen MR) is 54.5 cm³/mol. The Kier molecular flexibility index (Phi) is 2.35. The lowest BCUT2D eigenvalue weighted by atomic mass is 10.3. The maximum atomic E-state index is 11.2. The Morgan fingerprint density at radius 1 is 1.62 bits per heavy atom. The van der Waals surface area contributed by atoms with Crippen LogP contribution >= 0.6 is 0 Å². The van der Waals surface area contributed by atoms with E-state index in [9.17, 15) is 4.79 Å². The summed E-state index contributed by atoms with van der Waals surface area (Å²) in [6.07, 6.45) is 1.47. The van der Waals surface area contributed by atoms with Gasteiger partial charge in [-0.2, -0.15) is 5.10 Å². The summed E-state index contributed by atoms with van der Waals surface area (Å²) in [5, 5.41) is 3.98. The molecule has 0 radical (unpaired) electrons. The topological polar surface area (TPSA) is 96.2 Å². The molecule has 0 fully saturated rings. The maximum absolute atomic E-state index is 11.2. The number of hydrogen-bond donors (Lipinski definition) is 1. The fraction of sp³-hybridized carbons (Fsp3) is 0.222. The fourth-order valence-electron chi connectivity index (χ4n) is 1.31. The first kappa shape index (κ1) is 10.2. The number of aryl methyl sites for hydroxylation is 1. The zero-order valence-corrected chi connectivity index (χ0v) is 8.80. The summed E-state index contributed by atoms with van der Waals surface area (Å²) < 4.78 is 11.2. The largest absolute Gasteiger partial charge is 0.464 e. The van der Waals surface area contributed by atoms with Gasteiger partial charge in [-0.3, -0.25) is 4.68 Å². The molecule has 0 atom stereocenters. The number of oxazole rings is 1. The van der Waals surface area contributed by atoms with Gasteiger partial charge in [0.1, 0.15) is 5.69 Å². The highest BCUT2D eigenvalue weighted by molar-refractivity contribution is 5.88. The van der Waals surface area contributed by atoms with E-state index in [1.165, 1.54) is 18.0 Å². The summed E-state index contributed by atoms with van der Waals surface area (Å²) in [5.74, 6) is -0.0583. The summed E-state index contributed by atoms with van der Waals surface area (Å²) in [5.41, 5.74) is 6.16. The van der Waals surface area contributed by atoms with Gasteiger partial charge in [-0.05, 0) is 0 Å². The number of nitrogens with two attached hydrogens (primary N) is 1. The Bertz CT molecular complexity index is 529. The minimum absolute atomic E-state index is 0.0656. The number of ether oxygens (including phenoxy) is 1. The van der Waals surface area contributed by atoms with Crippen LogP contribution in [0.25, 0.3) is 11.5 Å². The van der Waals surface area contributed by atoms with Crippen LogP contribution in [-0.4, -0.2) is 27.8 Å². The van der Waals surface area contributed by atoms with Crippen LogP contribution in [0.1, 0.15) is 10.5 Å². The van der Waals surface area contributed by atoms with Crippen LogP contribution in [0, 0.1) is 0 Å². The van der Waals surface area contributed by atoms with Crippen LogP contribution in [0.3, 0.4) is 0 Å². The number of carbonyl (C=O) groups excluding carboxylic acids is 1. The van der Waals surface area contributed by atoms with Crippen molar-refractivity contribution in [3.05, 3.63) is 18.0 Å². The van der Waals surface area contributed by atoms with Crippen molar-refractivity contribution in [2.75, 3.05) is 12.8 Å². The number of hydrogen-bond acceptors (Lipinski definition) is 6. The molecule has 2 N–H and O–H groups in total. The van der Waals surface area contributed by atoms with Crippen LogP contribution in [-0.2, 0) is 11.8 Å². The molecule has 0 aliphatic heterocycles. The quantitative estimate of drug-likeness (QED) is 0.741. The smallest absolute Gasteiger partial charge is 0.358 e. The monoisotopic (exact) mass is 222 g/mol. The number of carbonyl (C=O) groups is 1. The van der Waals surface area contributed by atoms with Gasteiger partial charge in [0.15, 0.2) is 11.5 Å². The third-order valence-corrected chi connectivity index (χ3v) is 2.05. The van der Waals surface area contributed by atoms with Gasteiger partial charge in [0, 0.05) is 13.1 Å². The molecule has 7 nitrogen and oxygen atoms in total. The highest BCUT2D eigenvalue weighted by atomic mass is 16.5. The summed E-state index contributed by atoms with van der Waals surface area (Å²) in [6, 6.07) is 1.61. The molecule has 2 rings (SSSR count). The van der Waals surface area contributed by atoms with Crippen molar-refractivity contribution >= 4 is 12.0 Å². The molecule has 0 unspecified atom stereocenters. The lowest BCUT2D eigenvalue weighted by Gasteiger charge is -1.94. The number of rotatable bonds is 2. The van der Waals surface area contributed by atoms with Crippen molar-refractivity contribution in [3.63, 3.8) is 0 Å². The van der Waals surface area contributed by atoms with Crippen molar-refractivity contribution < 1.29 is 13.9 Å². The van der Waals surface area contributed by atoms with Crippen LogP contribution in [0.5, 0.6) is 0 Å². The Morgan fingerprint density at radius 2 is 2.38 bits per heavy atom. The van der Waals surface area contributed by atoms with Crippen molar-refractivity contribution in [3.8, 4) is 11.5 Å². The van der Waals surface area contributed by atoms with Crippen molar-refractivity contribution in [2.45, 2.75) is 0 Å². The molecule has 2 aromatic rings. The highest BCUT2D eigenvalue weighted by Crippen LogP contribution is 2.21. The molecule has 7 heteroatoms. The van der Waals surface area contributed by atoms with E-state index >= 15 is 0 Å². The first-order chi connectivity index (χ1) is 7.61. The number of anilines is 1. The van der Waals surface area contributed by atoms with E-state index in [4.69, 9.17) is 10.2 Å². The standard InChI is InChI=1S/C9H10N4O3/c1-13-6(7-4-11-9(10)16-7)3-5(12-13)8(14)15-2/h3-4H,1-2H3,(H2,10,11). The number of methoxy groups -OCH3 is 1. The predicted octanol–water partition coefficient (Wildman–Crippen LogP) is 0.444. The van der Waals surface area contributed by atoms with Crippen LogP contribution in [0.15, 0.2) is 16.7 Å². The third kappa shape index (κ3) is 1.62. The Balaban J connectivity index is 2.43. The average molecular weight is 222 g/mol. The lowest BCUT2D eigenvalue weighted by molar-refractivity contribution is 0.0593. The second-order valence-electron chi connectivity index (χ2n) is 3.09. The molecule has 0 aromatic carbocycles. The summed E-state index contributed by atoms with van der Waals surface area (Å²) in [6.45, 7) is 0. The molecule has 0 aliphatic carbocycles. The Labute approximate surface area is 90.8 Å². The minimum Gasteiger partial charge on any atom is -0.464 e. The molecule has 0 saturated heterocycles. The molecule has 0 spiro atoms. The first-order valence-electron chi connectivity index (χ1n) is 4.46. The summed E-state index contributed by atoms with van der Waals surface area (Å²) >= 11 is 0. The average Bonchev–Trinajstić information content (AvgIpc) is 2.83. The molecule has 0 amide bonds. The molecule has 2 aromatic heterocycles. The zero-order valence-electron chi connectivity index (χ0n) is 8.80. The van der Waals surface area contributed by atoms with Gasteiger partial charge >= 0.3 is 5.97 Å². The second kappa shape index (κ2) is 3.69. The molecule has 0 aliphatic rings. The van der Waals surface area contributed by atoms with Crippen LogP contribution < -0.4 is 5.73 Å². The van der Waals surface area contributed by atoms with Crippen molar-refractivity contribution in [2.24, 2.45) is 7.05 Å². The lowest BCUT2D eigenvalue weighted by Crippen LogP contribution is -2.02. The zero-order chi connectivity index (χ0) is 11.7. The van der Waals surface area contributed by atoms with Gasteiger partial charge < -0.3 is 14.9 Å². The van der Waals surface area contributed by atoms with Gasteiger partial charge in [-0.15, -0.1) is 0 Å². The van der Waals surface area contributed by atoms with Crippen molar-refractivity contribution in [1.29, 1.82) is 0 Å². The molecule has 2 heterocycles. The first-order valence-corrected chi connectivity index (χ1v) is 4.46. The van der Waals surface area contributed by atoms with E-state index in [0.717, 1.165) is 0 Å². The van der Waals surface area contributed by atoms with Gasteiger partial charge in [0.25, 0.3) is 6.01 Å². The molecular formula is C9H10N4O3. The van der Waals surface area contributed by atoms with E-state index in [-0.39, 0.29) is 11.7 Å². The van der Waals surface area contributed by atoms with Gasteiger partial charge in [-0.25, -0.2) is 9.78 Å². The molecule has 0 saturated carbocycles. The highest BCUT2D eigenvalue weighted by Gasteiger charge is 2.16. The fourth-order valence-corrected chi connectivity index (χ4v) is 1.31. The number of nitrogen functional groups attached to an aromatic ring is 1. The van der Waals surface area contributed by atoms with Crippen LogP contribution in [0.4, 0.5) is 6.01 Å². The normalized spacial score (nSPS) is 10.4. The van der Waals surface area contributed by atoms with Gasteiger partial charge in [-0.1, -0.05) is 0 Å². The van der Waals surface area contributed by atoms with E-state index in [2.05, 4.69) is 14.8 Å². The van der Waals surface area contributed by atoms with E-state index in [0.29, 0.717) is 11.5 Å². The molecule has 16 heavy (non-hydrogen) atoms. The molecule has 0 bridgehead atoms.